The second-order valence-electron chi connectivity index (χ2n) is 31.7. The molecule has 13 heteroatoms. The first-order valence-electron chi connectivity index (χ1n) is 39.1. The molecule has 0 spiro atoms. The molecule has 0 bridgehead atoms. The van der Waals surface area contributed by atoms with Crippen LogP contribution in [0, 0.1) is 89.7 Å². The standard InChI is InChI=1S/C30H31N3.C26H29N3.C23H20N4.C22H21N3/c1-20-15-16-23-11-7-9-13-26(23)32(20)28-17-25(30(4,5)6)18-29(21(28)2)33-22(3)31-19-24-12-8-10-14-27(24)33;1-18-11-9-10-14-28(18)24-15-22(26(4,5)6)16-25(19(24)2)29-20(3)27-17-21-12-7-8-13-23(21)29;1-16-9-7-8-12-26(16)22-13-20(24-4)14-23(17(22)2)27-18(3)25-15-19-10-5-6-11-21(19)27;1-16-9-6-7-14-24(16)20-12-8-13-21(17(20)2)25-18(3)23-15-19-10-4-5-11-22(19)25/h7-19H,1-6H3;7-17H,1-6H3;5-15H,1-3H3;4-15H,1-3H3/q4*+2. The van der Waals surface area contributed by atoms with E-state index in [9.17, 15) is 0 Å². The molecule has 9 aromatic carbocycles. The second-order valence-corrected chi connectivity index (χ2v) is 31.7. The number of hydrogen-bond donors (Lipinski definition) is 0. The fourth-order valence-corrected chi connectivity index (χ4v) is 15.5. The number of rotatable bonds is 8. The molecule has 17 aromatic rings. The quantitative estimate of drug-likeness (QED) is 0.112. The fourth-order valence-electron chi connectivity index (χ4n) is 15.5. The van der Waals surface area contributed by atoms with Crippen LogP contribution in [0.4, 0.5) is 5.69 Å². The zero-order valence-electron chi connectivity index (χ0n) is 68.9. The van der Waals surface area contributed by atoms with Crippen molar-refractivity contribution in [2.45, 2.75) is 135 Å². The fraction of sp³-hybridized carbons (Fsp3) is 0.198. The van der Waals surface area contributed by atoms with Gasteiger partial charge in [0.2, 0.25) is 28.3 Å². The molecule has 17 rings (SSSR count). The summed E-state index contributed by atoms with van der Waals surface area (Å²) in [6.45, 7) is 46.7. The summed E-state index contributed by atoms with van der Waals surface area (Å²) in [5.41, 5.74) is 27.8. The molecule has 0 saturated carbocycles. The van der Waals surface area contributed by atoms with Crippen LogP contribution < -0.4 is 36.5 Å². The van der Waals surface area contributed by atoms with Crippen molar-refractivity contribution < 1.29 is 36.5 Å². The molecule has 0 unspecified atom stereocenters. The molecule has 0 saturated heterocycles. The number of pyridine rings is 4. The van der Waals surface area contributed by atoms with Gasteiger partial charge in [0, 0.05) is 134 Å². The van der Waals surface area contributed by atoms with Crippen LogP contribution in [0.2, 0.25) is 0 Å². The zero-order valence-corrected chi connectivity index (χ0v) is 68.9. The van der Waals surface area contributed by atoms with Crippen molar-refractivity contribution >= 4 is 60.2 Å². The summed E-state index contributed by atoms with van der Waals surface area (Å²) < 4.78 is 18.0. The van der Waals surface area contributed by atoms with Crippen molar-refractivity contribution in [1.29, 1.82) is 0 Å². The first-order chi connectivity index (χ1) is 54.8. The van der Waals surface area contributed by atoms with Crippen LogP contribution in [-0.2, 0) is 10.8 Å². The van der Waals surface area contributed by atoms with Gasteiger partial charge in [-0.15, -0.1) is 0 Å². The van der Waals surface area contributed by atoms with Crippen LogP contribution in [0.3, 0.4) is 0 Å². The highest BCUT2D eigenvalue weighted by atomic mass is 15.1. The van der Waals surface area contributed by atoms with E-state index in [0.29, 0.717) is 5.69 Å². The van der Waals surface area contributed by atoms with Crippen LogP contribution >= 0.6 is 0 Å². The maximum Gasteiger partial charge on any atom is 0.300 e. The van der Waals surface area contributed by atoms with Gasteiger partial charge in [-0.1, -0.05) is 146 Å². The molecule has 562 valence electrons. The maximum atomic E-state index is 7.59. The molecule has 8 aromatic heterocycles. The third kappa shape index (κ3) is 15.4. The molecule has 8 heterocycles. The molecule has 0 fully saturated rings. The second kappa shape index (κ2) is 32.2. The Hall–Kier alpha value is -13.3. The number of aromatic nitrogens is 12. The Labute approximate surface area is 670 Å². The van der Waals surface area contributed by atoms with E-state index in [1.54, 1.807) is 0 Å². The van der Waals surface area contributed by atoms with Crippen molar-refractivity contribution in [1.82, 2.24) is 19.9 Å². The highest BCUT2D eigenvalue weighted by molar-refractivity contribution is 5.79. The van der Waals surface area contributed by atoms with Crippen molar-refractivity contribution in [2.75, 3.05) is 0 Å². The molecular weight excluding hydrogens is 1400 g/mol. The van der Waals surface area contributed by atoms with Crippen LogP contribution in [0.25, 0.3) is 105 Å². The van der Waals surface area contributed by atoms with Crippen LogP contribution in [-0.4, -0.2) is 19.9 Å². The topological polar surface area (TPSA) is 87.0 Å². The van der Waals surface area contributed by atoms with Gasteiger partial charge in [0.25, 0.3) is 0 Å². The van der Waals surface area contributed by atoms with E-state index >= 15 is 0 Å². The van der Waals surface area contributed by atoms with Gasteiger partial charge in [-0.3, -0.25) is 0 Å². The summed E-state index contributed by atoms with van der Waals surface area (Å²) in [5, 5.41) is 5.73. The van der Waals surface area contributed by atoms with Crippen LogP contribution in [0.15, 0.2) is 286 Å². The lowest BCUT2D eigenvalue weighted by atomic mass is 9.85. The smallest absolute Gasteiger partial charge is 0.238 e. The molecule has 0 N–H and O–H groups in total. The molecule has 114 heavy (non-hydrogen) atoms. The number of aryl methyl sites for hydroxylation is 8. The van der Waals surface area contributed by atoms with Crippen LogP contribution in [0.5, 0.6) is 0 Å². The number of benzene rings is 9. The van der Waals surface area contributed by atoms with Gasteiger partial charge in [0.15, 0.2) is 71.8 Å². The molecule has 13 nitrogen and oxygen atoms in total. The van der Waals surface area contributed by atoms with Gasteiger partial charge in [-0.25, -0.2) is 4.85 Å². The summed E-state index contributed by atoms with van der Waals surface area (Å²) in [7, 11) is 0. The lowest BCUT2D eigenvalue weighted by Gasteiger charge is -2.21. The minimum Gasteiger partial charge on any atom is -0.238 e. The number of hydrogen-bond acceptors (Lipinski definition) is 4. The van der Waals surface area contributed by atoms with E-state index in [-0.39, 0.29) is 10.8 Å². The molecule has 0 aliphatic carbocycles. The Bertz CT molecular complexity index is 6530. The van der Waals surface area contributed by atoms with E-state index in [0.717, 1.165) is 78.7 Å². The van der Waals surface area contributed by atoms with Gasteiger partial charge in [-0.05, 0) is 135 Å². The summed E-state index contributed by atoms with van der Waals surface area (Å²) >= 11 is 0. The van der Waals surface area contributed by atoms with Gasteiger partial charge in [0.05, 0.1) is 50.4 Å². The van der Waals surface area contributed by atoms with E-state index in [2.05, 4.69) is 388 Å². The number of para-hydroxylation sites is 5. The van der Waals surface area contributed by atoms with Gasteiger partial charge in [-0.2, -0.15) is 36.5 Å². The van der Waals surface area contributed by atoms with Crippen molar-refractivity contribution in [3.63, 3.8) is 0 Å². The molecular formula is C101H101N13+8. The van der Waals surface area contributed by atoms with E-state index in [1.807, 2.05) is 74.3 Å². The minimum absolute atomic E-state index is 0.00270. The SMILES string of the molecule is Cc1c(-[n+]2c(C)ccc3ccccc32)cc(C(C)(C)C)cc1-[n+]1c(C)ncc2ccccc21.Cc1c(-[n+]2ccccc2C)cc(C(C)(C)C)cc1-[n+]1c(C)ncc2ccccc21.Cc1c(-[n+]2ccccc2C)cccc1-[n+]1c(C)ncc2ccccc21.[C-]#[N+]c1cc(-[n+]2ccccc2C)c(C)c(-[n+]2c(C)ncc3ccccc32)c1. The molecule has 0 aliphatic heterocycles. The monoisotopic (exact) mass is 1500 g/mol. The molecule has 0 atom stereocenters. The normalized spacial score (nSPS) is 11.4. The first kappa shape index (κ1) is 77.4. The van der Waals surface area contributed by atoms with E-state index in [1.165, 1.54) is 101 Å². The Morgan fingerprint density at radius 2 is 0.535 bits per heavy atom. The third-order valence-electron chi connectivity index (χ3n) is 22.0. The molecule has 0 amide bonds. The Morgan fingerprint density at radius 1 is 0.254 bits per heavy atom. The maximum absolute atomic E-state index is 7.59. The number of nitrogens with zero attached hydrogens (tertiary/aromatic N) is 13. The zero-order chi connectivity index (χ0) is 80.4. The Balaban J connectivity index is 0.000000126. The van der Waals surface area contributed by atoms with Crippen LogP contribution in [0.1, 0.15) is 121 Å². The van der Waals surface area contributed by atoms with Gasteiger partial charge in [0.1, 0.15) is 44.8 Å². The van der Waals surface area contributed by atoms with E-state index in [4.69, 9.17) is 16.5 Å². The van der Waals surface area contributed by atoms with Gasteiger partial charge >= 0.3 is 23.3 Å². The van der Waals surface area contributed by atoms with Crippen molar-refractivity contribution in [3.8, 4) is 45.5 Å². The van der Waals surface area contributed by atoms with Gasteiger partial charge < -0.3 is 0 Å². The average Bonchev–Trinajstić information content (AvgIpc) is 0.645. The molecule has 0 aliphatic rings. The highest BCUT2D eigenvalue weighted by Gasteiger charge is 2.32. The summed E-state index contributed by atoms with van der Waals surface area (Å²) in [6.07, 6.45) is 14.1. The highest BCUT2D eigenvalue weighted by Crippen LogP contribution is 2.33. The lowest BCUT2D eigenvalue weighted by Crippen LogP contribution is -2.41. The Morgan fingerprint density at radius 3 is 0.912 bits per heavy atom. The van der Waals surface area contributed by atoms with E-state index < -0.39 is 0 Å². The predicted octanol–water partition coefficient (Wildman–Crippen LogP) is 19.2. The minimum atomic E-state index is 0.00270. The molecule has 0 radical (unpaired) electrons. The largest absolute Gasteiger partial charge is 0.300 e. The van der Waals surface area contributed by atoms with Crippen molar-refractivity contribution in [3.05, 3.63) is 377 Å². The number of fused-ring (bicyclic) bond motifs is 5. The lowest BCUT2D eigenvalue weighted by molar-refractivity contribution is -0.606. The Kier molecular flexibility index (Phi) is 21.9. The first-order valence-corrected chi connectivity index (χ1v) is 39.1. The summed E-state index contributed by atoms with van der Waals surface area (Å²) in [5.74, 6) is 3.83. The predicted molar refractivity (Wildman–Crippen MR) is 457 cm³/mol. The summed E-state index contributed by atoms with van der Waals surface area (Å²) in [4.78, 5) is 22.3. The summed E-state index contributed by atoms with van der Waals surface area (Å²) in [6, 6.07) is 85.0. The third-order valence-corrected chi connectivity index (χ3v) is 22.0. The van der Waals surface area contributed by atoms with Crippen molar-refractivity contribution in [2.24, 2.45) is 0 Å². The average molecular weight is 1500 g/mol.